The molecule has 3 atom stereocenters. The SMILES string of the molecule is CCCOCCOCCN(CCCC(=O)CCCN1C(=O)CC(SC)C1=O)c1cc(COc2cc3c(cc2C)C(=O)N2c4ccccc4C[C@H]2[CH-]N3C)cc(COc2cc3c(cc2OC)C(=O)N2c4ccccc4C[C@H]2[CH-]N3C)c1.[Y].[Y]. The van der Waals surface area contributed by atoms with E-state index in [1.807, 2.05) is 101 Å². The van der Waals surface area contributed by atoms with Gasteiger partial charge in [0.15, 0.2) is 11.5 Å². The average Bonchev–Trinajstić information content (AvgIpc) is 4.28. The number of imide groups is 1. The summed E-state index contributed by atoms with van der Waals surface area (Å²) in [6.45, 7) is 11.8. The fourth-order valence-corrected chi connectivity index (χ4v) is 12.3. The normalized spacial score (nSPS) is 17.7. The van der Waals surface area contributed by atoms with Crippen LogP contribution in [0.15, 0.2) is 91.0 Å². The Labute approximate surface area is 536 Å². The second-order valence-electron chi connectivity index (χ2n) is 21.2. The summed E-state index contributed by atoms with van der Waals surface area (Å²) in [5.41, 5.74) is 10.1. The van der Waals surface area contributed by atoms with Crippen LogP contribution >= 0.6 is 11.8 Å². The Morgan fingerprint density at radius 1 is 0.659 bits per heavy atom. The molecular formula is C63H72N6O10SY2-2. The Bertz CT molecular complexity index is 3150. The minimum Gasteiger partial charge on any atom is -0.522 e. The summed E-state index contributed by atoms with van der Waals surface area (Å²) in [7, 11) is 5.51. The number of likely N-dealkylation sites (tertiary alicyclic amines) is 1. The largest absolute Gasteiger partial charge is 0.522 e. The Balaban J connectivity index is 0.00000440. The van der Waals surface area contributed by atoms with Gasteiger partial charge in [-0.25, -0.2) is 13.1 Å². The summed E-state index contributed by atoms with van der Waals surface area (Å²) in [5, 5.41) is -0.348. The van der Waals surface area contributed by atoms with Gasteiger partial charge in [-0.2, -0.15) is 11.8 Å². The van der Waals surface area contributed by atoms with E-state index < -0.39 is 0 Å². The predicted molar refractivity (Wildman–Crippen MR) is 312 cm³/mol. The number of hydrogen-bond donors (Lipinski definition) is 0. The number of carbonyl (C=O) groups is 5. The third kappa shape index (κ3) is 13.9. The van der Waals surface area contributed by atoms with Crippen molar-refractivity contribution in [1.29, 1.82) is 0 Å². The third-order valence-electron chi connectivity index (χ3n) is 15.7. The van der Waals surface area contributed by atoms with Gasteiger partial charge < -0.3 is 48.2 Å². The van der Waals surface area contributed by atoms with Gasteiger partial charge in [0.2, 0.25) is 11.8 Å². The maximum atomic E-state index is 14.4. The van der Waals surface area contributed by atoms with Crippen LogP contribution in [0.4, 0.5) is 28.4 Å². The van der Waals surface area contributed by atoms with Gasteiger partial charge in [-0.05, 0) is 130 Å². The minimum atomic E-state index is -0.348. The van der Waals surface area contributed by atoms with Crippen LogP contribution < -0.4 is 38.7 Å². The van der Waals surface area contributed by atoms with E-state index in [-0.39, 0.29) is 145 Å². The number of hydrogen-bond acceptors (Lipinski definition) is 14. The van der Waals surface area contributed by atoms with E-state index in [9.17, 15) is 24.0 Å². The number of Topliss-reactive ketones (excluding diaryl/α,β-unsaturated/α-hetero) is 1. The number of thioether (sulfide) groups is 1. The first kappa shape index (κ1) is 63.2. The summed E-state index contributed by atoms with van der Waals surface area (Å²) >= 11 is 1.38. The molecule has 0 bridgehead atoms. The summed E-state index contributed by atoms with van der Waals surface area (Å²) < 4.78 is 31.2. The van der Waals surface area contributed by atoms with Crippen molar-refractivity contribution in [2.24, 2.45) is 0 Å². The predicted octanol–water partition coefficient (Wildman–Crippen LogP) is 9.39. The molecule has 16 nitrogen and oxygen atoms in total. The van der Waals surface area contributed by atoms with Crippen molar-refractivity contribution in [1.82, 2.24) is 4.90 Å². The van der Waals surface area contributed by atoms with Crippen molar-refractivity contribution >= 4 is 69.6 Å². The van der Waals surface area contributed by atoms with Crippen LogP contribution in [-0.4, -0.2) is 125 Å². The molecule has 19 heteroatoms. The van der Waals surface area contributed by atoms with Crippen molar-refractivity contribution in [3.05, 3.63) is 143 Å². The minimum absolute atomic E-state index is 0. The Morgan fingerprint density at radius 3 is 1.80 bits per heavy atom. The molecule has 10 rings (SSSR count). The first-order valence-corrected chi connectivity index (χ1v) is 29.2. The van der Waals surface area contributed by atoms with Gasteiger partial charge in [0.05, 0.1) is 43.3 Å². The average molecular weight is 1280 g/mol. The molecule has 428 valence electrons. The molecule has 0 saturated carbocycles. The van der Waals surface area contributed by atoms with Crippen LogP contribution in [0.1, 0.15) is 94.0 Å². The maximum absolute atomic E-state index is 14.4. The first-order chi connectivity index (χ1) is 38.8. The zero-order valence-corrected chi connectivity index (χ0v) is 54.4. The number of aryl methyl sites for hydroxylation is 1. The van der Waals surface area contributed by atoms with Gasteiger partial charge in [-0.1, -0.05) is 55.4 Å². The number of amides is 4. The zero-order valence-electron chi connectivity index (χ0n) is 47.9. The Hall–Kier alpha value is -4.87. The number of para-hydroxylation sites is 2. The van der Waals surface area contributed by atoms with E-state index in [0.29, 0.717) is 92.8 Å². The molecule has 0 aromatic heterocycles. The van der Waals surface area contributed by atoms with E-state index >= 15 is 0 Å². The number of fused-ring (bicyclic) bond motifs is 8. The Kier molecular flexibility index (Phi) is 22.2. The third-order valence-corrected chi connectivity index (χ3v) is 16.6. The molecule has 1 unspecified atom stereocenters. The van der Waals surface area contributed by atoms with Crippen LogP contribution in [0.25, 0.3) is 0 Å². The smallest absolute Gasteiger partial charge is 0.258 e. The van der Waals surface area contributed by atoms with Crippen molar-refractivity contribution in [3.63, 3.8) is 0 Å². The number of carbonyl (C=O) groups excluding carboxylic acids is 5. The van der Waals surface area contributed by atoms with Gasteiger partial charge in [0, 0.05) is 151 Å². The second kappa shape index (κ2) is 28.8. The number of ether oxygens (including phenoxy) is 5. The maximum Gasteiger partial charge on any atom is 0.258 e. The molecule has 5 aliphatic heterocycles. The molecule has 0 N–H and O–H groups in total. The number of anilines is 5. The fraction of sp³-hybridized carbons (Fsp3) is 0.413. The number of nitrogens with zero attached hydrogens (tertiary/aromatic N) is 6. The van der Waals surface area contributed by atoms with E-state index in [4.69, 9.17) is 23.7 Å². The summed E-state index contributed by atoms with van der Waals surface area (Å²) in [6, 6.07) is 29.6. The molecule has 5 aromatic carbocycles. The van der Waals surface area contributed by atoms with E-state index in [1.54, 1.807) is 13.2 Å². The molecule has 0 aliphatic carbocycles. The van der Waals surface area contributed by atoms with Crippen molar-refractivity contribution in [2.75, 3.05) is 98.0 Å². The molecule has 0 spiro atoms. The van der Waals surface area contributed by atoms with Crippen LogP contribution in [0.5, 0.6) is 17.2 Å². The van der Waals surface area contributed by atoms with Gasteiger partial charge in [-0.3, -0.25) is 28.9 Å². The standard InChI is InChI=1S/C63H72N6O10S.2Y/c1-7-23-76-25-26-77-24-22-66(20-12-16-49(70)17-13-21-67-60(71)36-59(80-6)63(67)74)46-29-42(39-78-56-34-54-50(27-41(56)2)61(72)68-47(37-64(54)3)31-44-14-8-10-18-52(44)68)28-43(30-46)40-79-58-35-55-51(33-57(58)75-5)62(73)69-48(38-65(55)4)32-45-15-9-11-19-53(45)69;;/h8-11,14-15,18-19,27-30,33-35,37-38,47-48,59H,7,12-13,16-17,20-26,31-32,36,39-40H2,1-6H3;;/q-2;;/t47-,48-,59?;;/m0../s1. The molecule has 1 saturated heterocycles. The number of benzene rings is 5. The summed E-state index contributed by atoms with van der Waals surface area (Å²) in [5.74, 6) is 1.12. The van der Waals surface area contributed by atoms with E-state index in [1.165, 1.54) is 16.7 Å². The van der Waals surface area contributed by atoms with Crippen LogP contribution in [0, 0.1) is 20.0 Å². The summed E-state index contributed by atoms with van der Waals surface area (Å²) in [6.07, 6.45) is 6.00. The van der Waals surface area contributed by atoms with Crippen molar-refractivity contribution in [3.8, 4) is 17.2 Å². The van der Waals surface area contributed by atoms with Crippen LogP contribution in [0.2, 0.25) is 0 Å². The van der Waals surface area contributed by atoms with Gasteiger partial charge in [0.25, 0.3) is 11.8 Å². The molecule has 1 fully saturated rings. The van der Waals surface area contributed by atoms with E-state index in [0.717, 1.165) is 69.8 Å². The molecule has 2 radical (unpaired) electrons. The summed E-state index contributed by atoms with van der Waals surface area (Å²) in [4.78, 5) is 78.7. The first-order valence-electron chi connectivity index (χ1n) is 27.9. The van der Waals surface area contributed by atoms with Crippen molar-refractivity contribution < 1.29 is 113 Å². The van der Waals surface area contributed by atoms with Crippen LogP contribution in [0.3, 0.4) is 0 Å². The number of rotatable bonds is 25. The molecule has 5 heterocycles. The van der Waals surface area contributed by atoms with Gasteiger partial charge in [0.1, 0.15) is 24.7 Å². The van der Waals surface area contributed by atoms with Gasteiger partial charge >= 0.3 is 0 Å². The van der Waals surface area contributed by atoms with E-state index in [2.05, 4.69) is 55.2 Å². The number of methoxy groups -OCH3 is 1. The monoisotopic (exact) mass is 1280 g/mol. The number of ketones is 1. The topological polar surface area (TPSA) is 151 Å². The van der Waals surface area contributed by atoms with Crippen LogP contribution in [-0.2, 0) is 115 Å². The quantitative estimate of drug-likeness (QED) is 0.0310. The second-order valence-corrected chi connectivity index (χ2v) is 22.2. The van der Waals surface area contributed by atoms with Gasteiger partial charge in [-0.15, -0.1) is 0 Å². The zero-order chi connectivity index (χ0) is 56.0. The Morgan fingerprint density at radius 2 is 1.22 bits per heavy atom. The molecule has 5 aliphatic rings. The molecule has 82 heavy (non-hydrogen) atoms. The number of likely N-dealkylation sites (N-methyl/N-ethyl adjacent to an activating group) is 2. The van der Waals surface area contributed by atoms with Crippen molar-refractivity contribution in [2.45, 2.75) is 95.8 Å². The molecule has 5 aromatic rings. The molecule has 4 amide bonds. The fourth-order valence-electron chi connectivity index (χ4n) is 11.6. The molecular weight excluding hydrogens is 1210 g/mol.